The molecule has 0 heterocycles. The van der Waals surface area contributed by atoms with Gasteiger partial charge in [-0.25, -0.2) is 4.79 Å². The third kappa shape index (κ3) is 4.90. The van der Waals surface area contributed by atoms with E-state index in [-0.39, 0.29) is 5.97 Å². The molecule has 0 radical (unpaired) electrons. The number of carbonyl (C=O) groups is 1. The van der Waals surface area contributed by atoms with Crippen LogP contribution >= 0.6 is 0 Å². The Morgan fingerprint density at radius 2 is 2.05 bits per heavy atom. The molecular weight excluding hydrogens is 236 g/mol. The van der Waals surface area contributed by atoms with E-state index >= 15 is 0 Å². The molecule has 0 aliphatic heterocycles. The zero-order valence-electron chi connectivity index (χ0n) is 12.2. The number of allylic oxidation sites excluding steroid dienone is 2. The van der Waals surface area contributed by atoms with E-state index in [0.717, 1.165) is 31.2 Å². The van der Waals surface area contributed by atoms with Gasteiger partial charge < -0.3 is 4.74 Å². The summed E-state index contributed by atoms with van der Waals surface area (Å²) in [5.74, 6) is -0.245. The second kappa shape index (κ2) is 8.52. The summed E-state index contributed by atoms with van der Waals surface area (Å²) in [6.45, 7) is 4.15. The predicted molar refractivity (Wildman–Crippen MR) is 79.5 cm³/mol. The fourth-order valence-corrected chi connectivity index (χ4v) is 2.15. The van der Waals surface area contributed by atoms with Crippen LogP contribution < -0.4 is 0 Å². The van der Waals surface area contributed by atoms with Crippen LogP contribution in [0.1, 0.15) is 54.1 Å². The number of rotatable bonds is 7. The Morgan fingerprint density at radius 1 is 1.26 bits per heavy atom. The molecule has 1 rings (SSSR count). The minimum absolute atomic E-state index is 0.245. The molecule has 0 atom stereocenters. The maximum absolute atomic E-state index is 11.6. The van der Waals surface area contributed by atoms with Gasteiger partial charge in [0.2, 0.25) is 0 Å². The average Bonchev–Trinajstić information content (AvgIpc) is 2.43. The van der Waals surface area contributed by atoms with E-state index in [4.69, 9.17) is 4.74 Å². The lowest BCUT2D eigenvalue weighted by Crippen LogP contribution is -2.05. The normalized spacial score (nSPS) is 10.9. The van der Waals surface area contributed by atoms with E-state index in [1.54, 1.807) is 0 Å². The number of ether oxygens (including phenoxy) is 1. The molecule has 0 aromatic heterocycles. The Hall–Kier alpha value is -1.57. The summed E-state index contributed by atoms with van der Waals surface area (Å²) in [7, 11) is 1.43. The number of methoxy groups -OCH3 is 1. The zero-order valence-corrected chi connectivity index (χ0v) is 12.2. The van der Waals surface area contributed by atoms with Gasteiger partial charge in [0.1, 0.15) is 0 Å². The summed E-state index contributed by atoms with van der Waals surface area (Å²) >= 11 is 0. The maximum atomic E-state index is 11.6. The Labute approximate surface area is 116 Å². The highest BCUT2D eigenvalue weighted by atomic mass is 16.5. The zero-order chi connectivity index (χ0) is 14.1. The maximum Gasteiger partial charge on any atom is 0.338 e. The standard InChI is InChI=1S/C17H24O2/c1-4-5-6-7-8-9-11-15-12-10-13-16(14(15)2)17(18)19-3/h5-6,10,12-13H,4,7-9,11H2,1-3H3/b6-5-. The van der Waals surface area contributed by atoms with Crippen molar-refractivity contribution in [1.82, 2.24) is 0 Å². The van der Waals surface area contributed by atoms with Gasteiger partial charge in [-0.15, -0.1) is 0 Å². The Balaban J connectivity index is 2.54. The van der Waals surface area contributed by atoms with Crippen molar-refractivity contribution in [2.75, 3.05) is 7.11 Å². The molecule has 0 amide bonds. The molecule has 2 nitrogen and oxygen atoms in total. The topological polar surface area (TPSA) is 26.3 Å². The number of hydrogen-bond acceptors (Lipinski definition) is 2. The largest absolute Gasteiger partial charge is 0.465 e. The highest BCUT2D eigenvalue weighted by Gasteiger charge is 2.11. The minimum Gasteiger partial charge on any atom is -0.465 e. The lowest BCUT2D eigenvalue weighted by molar-refractivity contribution is 0.0600. The fourth-order valence-electron chi connectivity index (χ4n) is 2.15. The first-order chi connectivity index (χ1) is 9.20. The molecule has 1 aromatic carbocycles. The molecule has 2 heteroatoms. The number of esters is 1. The molecule has 1 aromatic rings. The molecule has 0 spiro atoms. The van der Waals surface area contributed by atoms with Crippen molar-refractivity contribution < 1.29 is 9.53 Å². The van der Waals surface area contributed by atoms with Gasteiger partial charge in [-0.3, -0.25) is 0 Å². The van der Waals surface area contributed by atoms with E-state index in [1.807, 2.05) is 19.1 Å². The van der Waals surface area contributed by atoms with Crippen LogP contribution in [0.25, 0.3) is 0 Å². The van der Waals surface area contributed by atoms with Crippen LogP contribution in [0, 0.1) is 6.92 Å². The number of aryl methyl sites for hydroxylation is 1. The van der Waals surface area contributed by atoms with E-state index in [9.17, 15) is 4.79 Å². The van der Waals surface area contributed by atoms with Crippen LogP contribution in [0.5, 0.6) is 0 Å². The molecule has 104 valence electrons. The third-order valence-corrected chi connectivity index (χ3v) is 3.32. The minimum atomic E-state index is -0.245. The molecule has 19 heavy (non-hydrogen) atoms. The molecular formula is C17H24O2. The SMILES string of the molecule is CC/C=C\CCCCc1cccc(C(=O)OC)c1C. The van der Waals surface area contributed by atoms with Crippen molar-refractivity contribution in [2.24, 2.45) is 0 Å². The third-order valence-electron chi connectivity index (χ3n) is 3.32. The summed E-state index contributed by atoms with van der Waals surface area (Å²) in [4.78, 5) is 11.6. The number of carbonyl (C=O) groups excluding carboxylic acids is 1. The Morgan fingerprint density at radius 3 is 2.74 bits per heavy atom. The monoisotopic (exact) mass is 260 g/mol. The number of hydrogen-bond donors (Lipinski definition) is 0. The molecule has 0 aliphatic rings. The van der Waals surface area contributed by atoms with Gasteiger partial charge in [0.15, 0.2) is 0 Å². The van der Waals surface area contributed by atoms with Crippen LogP contribution in [0.15, 0.2) is 30.4 Å². The van der Waals surface area contributed by atoms with Gasteiger partial charge in [0.25, 0.3) is 0 Å². The second-order valence-electron chi connectivity index (χ2n) is 4.71. The van der Waals surface area contributed by atoms with Crippen molar-refractivity contribution in [2.45, 2.75) is 46.0 Å². The van der Waals surface area contributed by atoms with Crippen LogP contribution in [-0.2, 0) is 11.2 Å². The van der Waals surface area contributed by atoms with Gasteiger partial charge in [-0.1, -0.05) is 31.2 Å². The lowest BCUT2D eigenvalue weighted by atomic mass is 9.98. The van der Waals surface area contributed by atoms with E-state index in [1.165, 1.54) is 19.1 Å². The summed E-state index contributed by atoms with van der Waals surface area (Å²) in [6.07, 6.45) is 10.1. The van der Waals surface area contributed by atoms with Crippen LogP contribution in [0.2, 0.25) is 0 Å². The van der Waals surface area contributed by atoms with Crippen LogP contribution in [0.3, 0.4) is 0 Å². The van der Waals surface area contributed by atoms with Crippen molar-refractivity contribution in [3.8, 4) is 0 Å². The first-order valence-corrected chi connectivity index (χ1v) is 7.02. The lowest BCUT2D eigenvalue weighted by Gasteiger charge is -2.09. The fraction of sp³-hybridized carbons (Fsp3) is 0.471. The van der Waals surface area contributed by atoms with Crippen molar-refractivity contribution in [3.05, 3.63) is 47.0 Å². The number of unbranched alkanes of at least 4 members (excludes halogenated alkanes) is 2. The number of benzene rings is 1. The molecule has 0 saturated carbocycles. The summed E-state index contributed by atoms with van der Waals surface area (Å²) < 4.78 is 4.79. The molecule has 0 fully saturated rings. The molecule has 0 N–H and O–H groups in total. The van der Waals surface area contributed by atoms with Gasteiger partial charge in [-0.2, -0.15) is 0 Å². The second-order valence-corrected chi connectivity index (χ2v) is 4.71. The molecule has 0 saturated heterocycles. The molecule has 0 aliphatic carbocycles. The van der Waals surface area contributed by atoms with E-state index in [2.05, 4.69) is 25.1 Å². The quantitative estimate of drug-likeness (QED) is 0.411. The Bertz CT molecular complexity index is 433. The predicted octanol–water partition coefficient (Wildman–Crippen LogP) is 4.46. The van der Waals surface area contributed by atoms with Crippen LogP contribution in [-0.4, -0.2) is 13.1 Å². The van der Waals surface area contributed by atoms with Gasteiger partial charge in [0, 0.05) is 0 Å². The average molecular weight is 260 g/mol. The highest BCUT2D eigenvalue weighted by Crippen LogP contribution is 2.17. The van der Waals surface area contributed by atoms with Gasteiger partial charge >= 0.3 is 5.97 Å². The first-order valence-electron chi connectivity index (χ1n) is 7.02. The summed E-state index contributed by atoms with van der Waals surface area (Å²) in [5.41, 5.74) is 2.99. The highest BCUT2D eigenvalue weighted by molar-refractivity contribution is 5.91. The van der Waals surface area contributed by atoms with Gasteiger partial charge in [-0.05, 0) is 56.2 Å². The first kappa shape index (κ1) is 15.5. The smallest absolute Gasteiger partial charge is 0.338 e. The Kier molecular flexibility index (Phi) is 6.94. The summed E-state index contributed by atoms with van der Waals surface area (Å²) in [5, 5.41) is 0. The van der Waals surface area contributed by atoms with Crippen molar-refractivity contribution in [3.63, 3.8) is 0 Å². The van der Waals surface area contributed by atoms with Crippen LogP contribution in [0.4, 0.5) is 0 Å². The molecule has 0 unspecified atom stereocenters. The van der Waals surface area contributed by atoms with Crippen molar-refractivity contribution >= 4 is 5.97 Å². The molecule has 0 bridgehead atoms. The summed E-state index contributed by atoms with van der Waals surface area (Å²) in [6, 6.07) is 5.86. The van der Waals surface area contributed by atoms with E-state index in [0.29, 0.717) is 5.56 Å². The van der Waals surface area contributed by atoms with Gasteiger partial charge in [0.05, 0.1) is 12.7 Å². The van der Waals surface area contributed by atoms with E-state index < -0.39 is 0 Å². The van der Waals surface area contributed by atoms with Crippen molar-refractivity contribution in [1.29, 1.82) is 0 Å².